The summed E-state index contributed by atoms with van der Waals surface area (Å²) in [6.07, 6.45) is 6.76. The zero-order chi connectivity index (χ0) is 12.3. The Labute approximate surface area is 103 Å². The second kappa shape index (κ2) is 5.36. The highest BCUT2D eigenvalue weighted by atomic mass is 16.5. The van der Waals surface area contributed by atoms with Crippen molar-refractivity contribution < 1.29 is 14.6 Å². The minimum Gasteiger partial charge on any atom is -0.480 e. The van der Waals surface area contributed by atoms with Crippen molar-refractivity contribution in [3.63, 3.8) is 0 Å². The molecule has 0 bridgehead atoms. The van der Waals surface area contributed by atoms with Gasteiger partial charge in [-0.3, -0.25) is 10.1 Å². The topological polar surface area (TPSA) is 58.6 Å². The summed E-state index contributed by atoms with van der Waals surface area (Å²) < 4.78 is 5.75. The van der Waals surface area contributed by atoms with E-state index in [-0.39, 0.29) is 6.10 Å². The van der Waals surface area contributed by atoms with Crippen LogP contribution in [0.1, 0.15) is 51.9 Å². The molecule has 0 amide bonds. The van der Waals surface area contributed by atoms with Gasteiger partial charge in [0.2, 0.25) is 0 Å². The van der Waals surface area contributed by atoms with Crippen LogP contribution < -0.4 is 5.32 Å². The Kier molecular flexibility index (Phi) is 4.05. The highest BCUT2D eigenvalue weighted by Gasteiger charge is 2.48. The number of hydrogen-bond acceptors (Lipinski definition) is 3. The fraction of sp³-hybridized carbons (Fsp3) is 0.923. The minimum absolute atomic E-state index is 0.129. The summed E-state index contributed by atoms with van der Waals surface area (Å²) in [6.45, 7) is 2.90. The minimum atomic E-state index is -0.710. The van der Waals surface area contributed by atoms with Gasteiger partial charge in [-0.1, -0.05) is 13.3 Å². The van der Waals surface area contributed by atoms with Gasteiger partial charge in [0.25, 0.3) is 0 Å². The Bertz CT molecular complexity index is 278. The molecule has 17 heavy (non-hydrogen) atoms. The van der Waals surface area contributed by atoms with E-state index >= 15 is 0 Å². The Morgan fingerprint density at radius 2 is 2.24 bits per heavy atom. The molecular weight excluding hydrogens is 218 g/mol. The van der Waals surface area contributed by atoms with Crippen LogP contribution in [-0.2, 0) is 9.53 Å². The smallest absolute Gasteiger partial charge is 0.324 e. The van der Waals surface area contributed by atoms with Crippen molar-refractivity contribution in [1.29, 1.82) is 0 Å². The summed E-state index contributed by atoms with van der Waals surface area (Å²) in [5.41, 5.74) is -0.710. The maximum absolute atomic E-state index is 11.4. The number of aliphatic carboxylic acids is 1. The maximum Gasteiger partial charge on any atom is 0.324 e. The molecule has 4 nitrogen and oxygen atoms in total. The normalized spacial score (nSPS) is 32.9. The van der Waals surface area contributed by atoms with Crippen molar-refractivity contribution in [1.82, 2.24) is 5.32 Å². The van der Waals surface area contributed by atoms with Crippen molar-refractivity contribution >= 4 is 5.97 Å². The number of carboxylic acid groups (broad SMARTS) is 1. The molecule has 2 aliphatic rings. The SMILES string of the molecule is CCCCOC1CCC(NC2CC2)(C(=O)O)C1. The van der Waals surface area contributed by atoms with E-state index in [0.29, 0.717) is 18.9 Å². The van der Waals surface area contributed by atoms with E-state index < -0.39 is 11.5 Å². The van der Waals surface area contributed by atoms with Gasteiger partial charge in [-0.15, -0.1) is 0 Å². The monoisotopic (exact) mass is 241 g/mol. The summed E-state index contributed by atoms with van der Waals surface area (Å²) in [6, 6.07) is 0.431. The number of carbonyl (C=O) groups is 1. The molecule has 2 atom stereocenters. The van der Waals surface area contributed by atoms with Crippen molar-refractivity contribution in [3.05, 3.63) is 0 Å². The number of carboxylic acids is 1. The third kappa shape index (κ3) is 3.19. The second-order valence-corrected chi connectivity index (χ2v) is 5.40. The second-order valence-electron chi connectivity index (χ2n) is 5.40. The van der Waals surface area contributed by atoms with Crippen molar-refractivity contribution in [2.75, 3.05) is 6.61 Å². The number of ether oxygens (including phenoxy) is 1. The average molecular weight is 241 g/mol. The molecule has 2 aliphatic carbocycles. The van der Waals surface area contributed by atoms with Gasteiger partial charge in [-0.25, -0.2) is 0 Å². The first-order valence-corrected chi connectivity index (χ1v) is 6.79. The molecule has 0 aliphatic heterocycles. The molecule has 0 aromatic carbocycles. The molecular formula is C13H23NO3. The van der Waals surface area contributed by atoms with E-state index in [2.05, 4.69) is 12.2 Å². The van der Waals surface area contributed by atoms with Gasteiger partial charge in [0, 0.05) is 19.1 Å². The van der Waals surface area contributed by atoms with Crippen molar-refractivity contribution in [3.8, 4) is 0 Å². The summed E-state index contributed by atoms with van der Waals surface area (Å²) in [5.74, 6) is -0.703. The lowest BCUT2D eigenvalue weighted by atomic mass is 9.97. The molecule has 0 spiro atoms. The van der Waals surface area contributed by atoms with Crippen molar-refractivity contribution in [2.24, 2.45) is 0 Å². The molecule has 0 radical (unpaired) electrons. The Morgan fingerprint density at radius 1 is 1.47 bits per heavy atom. The summed E-state index contributed by atoms with van der Waals surface area (Å²) >= 11 is 0. The third-order valence-electron chi connectivity index (χ3n) is 3.79. The lowest BCUT2D eigenvalue weighted by molar-refractivity contribution is -0.145. The van der Waals surface area contributed by atoms with Crippen LogP contribution in [0.5, 0.6) is 0 Å². The van der Waals surface area contributed by atoms with Crippen LogP contribution in [0.25, 0.3) is 0 Å². The maximum atomic E-state index is 11.4. The van der Waals surface area contributed by atoms with Gasteiger partial charge in [0.1, 0.15) is 5.54 Å². The van der Waals surface area contributed by atoms with Crippen LogP contribution in [0, 0.1) is 0 Å². The van der Waals surface area contributed by atoms with Crippen LogP contribution in [0.2, 0.25) is 0 Å². The molecule has 4 heteroatoms. The largest absolute Gasteiger partial charge is 0.480 e. The van der Waals surface area contributed by atoms with Gasteiger partial charge in [-0.05, 0) is 32.1 Å². The lowest BCUT2D eigenvalue weighted by Crippen LogP contribution is -2.51. The zero-order valence-electron chi connectivity index (χ0n) is 10.6. The number of hydrogen-bond donors (Lipinski definition) is 2. The lowest BCUT2D eigenvalue weighted by Gasteiger charge is -2.26. The molecule has 0 aromatic rings. The Morgan fingerprint density at radius 3 is 2.82 bits per heavy atom. The summed E-state index contributed by atoms with van der Waals surface area (Å²) in [4.78, 5) is 11.4. The van der Waals surface area contributed by atoms with Crippen LogP contribution in [0.4, 0.5) is 0 Å². The predicted octanol–water partition coefficient (Wildman–Crippen LogP) is 1.93. The highest BCUT2D eigenvalue weighted by Crippen LogP contribution is 2.35. The molecule has 0 aromatic heterocycles. The fourth-order valence-electron chi connectivity index (χ4n) is 2.54. The molecule has 2 rings (SSSR count). The molecule has 98 valence electrons. The van der Waals surface area contributed by atoms with E-state index in [0.717, 1.165) is 38.7 Å². The molecule has 2 saturated carbocycles. The number of unbranched alkanes of at least 4 members (excludes halogenated alkanes) is 1. The third-order valence-corrected chi connectivity index (χ3v) is 3.79. The first-order valence-electron chi connectivity index (χ1n) is 6.79. The van der Waals surface area contributed by atoms with Gasteiger partial charge < -0.3 is 9.84 Å². The van der Waals surface area contributed by atoms with E-state index in [1.165, 1.54) is 0 Å². The first kappa shape index (κ1) is 12.8. The predicted molar refractivity (Wildman–Crippen MR) is 65.0 cm³/mol. The molecule has 0 heterocycles. The molecule has 2 unspecified atom stereocenters. The van der Waals surface area contributed by atoms with Gasteiger partial charge in [0.15, 0.2) is 0 Å². The molecule has 0 saturated heterocycles. The van der Waals surface area contributed by atoms with Gasteiger partial charge >= 0.3 is 5.97 Å². The standard InChI is InChI=1S/C13H23NO3/c1-2-3-8-17-11-6-7-13(9-11,12(15)16)14-10-4-5-10/h10-11,14H,2-9H2,1H3,(H,15,16). The van der Waals surface area contributed by atoms with Gasteiger partial charge in [0.05, 0.1) is 6.10 Å². The van der Waals surface area contributed by atoms with E-state index in [1.807, 2.05) is 0 Å². The number of rotatable bonds is 7. The average Bonchev–Trinajstić information content (AvgIpc) is 2.99. The van der Waals surface area contributed by atoms with E-state index in [4.69, 9.17) is 4.74 Å². The molecule has 2 N–H and O–H groups in total. The van der Waals surface area contributed by atoms with E-state index in [1.54, 1.807) is 0 Å². The Balaban J connectivity index is 1.84. The van der Waals surface area contributed by atoms with Gasteiger partial charge in [-0.2, -0.15) is 0 Å². The fourth-order valence-corrected chi connectivity index (χ4v) is 2.54. The van der Waals surface area contributed by atoms with Crippen LogP contribution >= 0.6 is 0 Å². The van der Waals surface area contributed by atoms with Crippen LogP contribution in [0.15, 0.2) is 0 Å². The van der Waals surface area contributed by atoms with E-state index in [9.17, 15) is 9.90 Å². The summed E-state index contributed by atoms with van der Waals surface area (Å²) in [5, 5.41) is 12.7. The summed E-state index contributed by atoms with van der Waals surface area (Å²) in [7, 11) is 0. The first-order chi connectivity index (χ1) is 8.16. The highest BCUT2D eigenvalue weighted by molar-refractivity contribution is 5.79. The molecule has 2 fully saturated rings. The number of nitrogens with one attached hydrogen (secondary N) is 1. The van der Waals surface area contributed by atoms with Crippen LogP contribution in [-0.4, -0.2) is 35.4 Å². The zero-order valence-corrected chi connectivity index (χ0v) is 10.6. The van der Waals surface area contributed by atoms with Crippen LogP contribution in [0.3, 0.4) is 0 Å². The quantitative estimate of drug-likeness (QED) is 0.669. The van der Waals surface area contributed by atoms with Crippen molar-refractivity contribution in [2.45, 2.75) is 69.6 Å². The Hall–Kier alpha value is -0.610.